The fourth-order valence-electron chi connectivity index (χ4n) is 3.19. The third-order valence-corrected chi connectivity index (χ3v) is 5.28. The van der Waals surface area contributed by atoms with E-state index in [4.69, 9.17) is 0 Å². The Morgan fingerprint density at radius 3 is 2.89 bits per heavy atom. The van der Waals surface area contributed by atoms with Crippen molar-refractivity contribution in [2.45, 2.75) is 33.1 Å². The molecule has 2 aromatic rings. The average molecular weight is 258 g/mol. The van der Waals surface area contributed by atoms with Gasteiger partial charge in [-0.3, -0.25) is 4.79 Å². The lowest BCUT2D eigenvalue weighted by Gasteiger charge is -2.25. The van der Waals surface area contributed by atoms with Crippen molar-refractivity contribution in [3.8, 4) is 0 Å². The van der Waals surface area contributed by atoms with E-state index in [1.54, 1.807) is 11.3 Å². The molecule has 1 aromatic carbocycles. The number of rotatable bonds is 2. The molecule has 94 valence electrons. The summed E-state index contributed by atoms with van der Waals surface area (Å²) < 4.78 is 1.16. The van der Waals surface area contributed by atoms with E-state index < -0.39 is 0 Å². The van der Waals surface area contributed by atoms with Crippen LogP contribution in [0.5, 0.6) is 0 Å². The van der Waals surface area contributed by atoms with Crippen LogP contribution in [0.2, 0.25) is 0 Å². The first kappa shape index (κ1) is 11.9. The van der Waals surface area contributed by atoms with Crippen LogP contribution >= 0.6 is 11.3 Å². The van der Waals surface area contributed by atoms with E-state index in [0.717, 1.165) is 16.7 Å². The van der Waals surface area contributed by atoms with E-state index in [2.05, 4.69) is 31.4 Å². The second kappa shape index (κ2) is 4.20. The Bertz CT molecular complexity index is 594. The lowest BCUT2D eigenvalue weighted by molar-refractivity contribution is 0.0841. The highest BCUT2D eigenvalue weighted by molar-refractivity contribution is 7.17. The van der Waals surface area contributed by atoms with Crippen LogP contribution in [0, 0.1) is 11.3 Å². The third-order valence-electron chi connectivity index (χ3n) is 4.32. The fraction of sp³-hybridized carbons (Fsp3) is 0.438. The Labute approximate surface area is 112 Å². The first-order valence-corrected chi connectivity index (χ1v) is 7.48. The van der Waals surface area contributed by atoms with E-state index in [1.165, 1.54) is 18.2 Å². The normalized spacial score (nSPS) is 22.4. The van der Waals surface area contributed by atoms with Gasteiger partial charge in [-0.05, 0) is 41.2 Å². The van der Waals surface area contributed by atoms with Gasteiger partial charge in [0.25, 0.3) is 0 Å². The van der Waals surface area contributed by atoms with Crippen molar-refractivity contribution >= 4 is 27.2 Å². The van der Waals surface area contributed by atoms with Crippen molar-refractivity contribution in [2.75, 3.05) is 0 Å². The molecule has 3 rings (SSSR count). The van der Waals surface area contributed by atoms with E-state index in [9.17, 15) is 4.79 Å². The van der Waals surface area contributed by atoms with Crippen molar-refractivity contribution in [1.82, 2.24) is 0 Å². The molecule has 2 heteroatoms. The fourth-order valence-corrected chi connectivity index (χ4v) is 4.11. The second-order valence-electron chi connectivity index (χ2n) is 5.94. The van der Waals surface area contributed by atoms with Crippen molar-refractivity contribution in [3.05, 3.63) is 35.2 Å². The highest BCUT2D eigenvalue weighted by Crippen LogP contribution is 2.45. The van der Waals surface area contributed by atoms with Gasteiger partial charge in [0.2, 0.25) is 0 Å². The molecular formula is C16H18OS. The largest absolute Gasteiger partial charge is 0.294 e. The Morgan fingerprint density at radius 2 is 2.17 bits per heavy atom. The number of ketones is 1. The number of hydrogen-bond acceptors (Lipinski definition) is 2. The quantitative estimate of drug-likeness (QED) is 0.699. The van der Waals surface area contributed by atoms with Crippen LogP contribution in [0.4, 0.5) is 0 Å². The molecular weight excluding hydrogens is 240 g/mol. The topological polar surface area (TPSA) is 17.1 Å². The predicted molar refractivity (Wildman–Crippen MR) is 77.3 cm³/mol. The molecule has 18 heavy (non-hydrogen) atoms. The summed E-state index contributed by atoms with van der Waals surface area (Å²) >= 11 is 1.68. The Morgan fingerprint density at radius 1 is 1.33 bits per heavy atom. The van der Waals surface area contributed by atoms with Gasteiger partial charge < -0.3 is 0 Å². The molecule has 0 amide bonds. The molecule has 1 aliphatic rings. The maximum Gasteiger partial charge on any atom is 0.167 e. The minimum atomic E-state index is 0.163. The number of hydrogen-bond donors (Lipinski definition) is 0. The molecule has 0 N–H and O–H groups in total. The van der Waals surface area contributed by atoms with Gasteiger partial charge in [-0.2, -0.15) is 0 Å². The maximum atomic E-state index is 12.8. The smallest absolute Gasteiger partial charge is 0.167 e. The Hall–Kier alpha value is -1.15. The van der Waals surface area contributed by atoms with Gasteiger partial charge in [0.15, 0.2) is 5.78 Å². The predicted octanol–water partition coefficient (Wildman–Crippen LogP) is 4.91. The standard InChI is InChI=1S/C16H18OS/c1-16(2)9-4-7-13(16)14(17)12-6-3-5-11-8-10-18-15(11)12/h3,5-6,8,10,13H,4,7,9H2,1-2H3. The van der Waals surface area contributed by atoms with Crippen LogP contribution < -0.4 is 0 Å². The molecule has 1 aliphatic carbocycles. The Kier molecular flexibility index (Phi) is 2.78. The molecule has 1 saturated carbocycles. The molecule has 0 spiro atoms. The van der Waals surface area contributed by atoms with E-state index >= 15 is 0 Å². The maximum absolute atomic E-state index is 12.8. The van der Waals surface area contributed by atoms with Crippen LogP contribution in [0.3, 0.4) is 0 Å². The minimum Gasteiger partial charge on any atom is -0.294 e. The average Bonchev–Trinajstić information content (AvgIpc) is 2.93. The number of benzene rings is 1. The monoisotopic (exact) mass is 258 g/mol. The zero-order valence-corrected chi connectivity index (χ0v) is 11.7. The van der Waals surface area contributed by atoms with Crippen LogP contribution in [0.15, 0.2) is 29.6 Å². The summed E-state index contributed by atoms with van der Waals surface area (Å²) in [5.41, 5.74) is 1.10. The van der Waals surface area contributed by atoms with Gasteiger partial charge in [-0.15, -0.1) is 11.3 Å². The summed E-state index contributed by atoms with van der Waals surface area (Å²) in [5, 5.41) is 3.27. The first-order chi connectivity index (χ1) is 8.59. The van der Waals surface area contributed by atoms with Crippen molar-refractivity contribution < 1.29 is 4.79 Å². The zero-order valence-electron chi connectivity index (χ0n) is 10.9. The van der Waals surface area contributed by atoms with Gasteiger partial charge in [0, 0.05) is 16.2 Å². The van der Waals surface area contributed by atoms with E-state index in [1.807, 2.05) is 12.1 Å². The van der Waals surface area contributed by atoms with Crippen molar-refractivity contribution in [3.63, 3.8) is 0 Å². The van der Waals surface area contributed by atoms with Gasteiger partial charge in [0.05, 0.1) is 0 Å². The van der Waals surface area contributed by atoms with Crippen LogP contribution in [-0.2, 0) is 0 Å². The molecule has 0 aliphatic heterocycles. The lowest BCUT2D eigenvalue weighted by Crippen LogP contribution is -2.25. The molecule has 1 atom stereocenters. The molecule has 1 fully saturated rings. The van der Waals surface area contributed by atoms with Gasteiger partial charge in [-0.25, -0.2) is 0 Å². The van der Waals surface area contributed by atoms with Crippen LogP contribution in [-0.4, -0.2) is 5.78 Å². The number of carbonyl (C=O) groups excluding carboxylic acids is 1. The number of thiophene rings is 1. The van der Waals surface area contributed by atoms with Crippen LogP contribution in [0.1, 0.15) is 43.5 Å². The zero-order chi connectivity index (χ0) is 12.8. The molecule has 1 heterocycles. The molecule has 1 unspecified atom stereocenters. The summed E-state index contributed by atoms with van der Waals surface area (Å²) in [7, 11) is 0. The number of Topliss-reactive ketones (excluding diaryl/α,β-unsaturated/α-hetero) is 1. The summed E-state index contributed by atoms with van der Waals surface area (Å²) in [6.07, 6.45) is 3.40. The summed E-state index contributed by atoms with van der Waals surface area (Å²) in [5.74, 6) is 0.552. The van der Waals surface area contributed by atoms with Gasteiger partial charge in [0.1, 0.15) is 0 Å². The lowest BCUT2D eigenvalue weighted by atomic mass is 9.77. The highest BCUT2D eigenvalue weighted by Gasteiger charge is 2.39. The first-order valence-electron chi connectivity index (χ1n) is 6.60. The highest BCUT2D eigenvalue weighted by atomic mass is 32.1. The van der Waals surface area contributed by atoms with Gasteiger partial charge >= 0.3 is 0 Å². The second-order valence-corrected chi connectivity index (χ2v) is 6.86. The van der Waals surface area contributed by atoms with Crippen molar-refractivity contribution in [1.29, 1.82) is 0 Å². The van der Waals surface area contributed by atoms with Gasteiger partial charge in [-0.1, -0.05) is 32.4 Å². The number of fused-ring (bicyclic) bond motifs is 1. The van der Waals surface area contributed by atoms with E-state index in [0.29, 0.717) is 5.78 Å². The third kappa shape index (κ3) is 1.79. The van der Waals surface area contributed by atoms with E-state index in [-0.39, 0.29) is 11.3 Å². The molecule has 0 saturated heterocycles. The molecule has 1 aromatic heterocycles. The Balaban J connectivity index is 2.05. The summed E-state index contributed by atoms with van der Waals surface area (Å²) in [4.78, 5) is 12.8. The summed E-state index contributed by atoms with van der Waals surface area (Å²) in [6.45, 7) is 4.47. The summed E-state index contributed by atoms with van der Waals surface area (Å²) in [6, 6.07) is 8.18. The molecule has 1 nitrogen and oxygen atoms in total. The van der Waals surface area contributed by atoms with Crippen LogP contribution in [0.25, 0.3) is 10.1 Å². The minimum absolute atomic E-state index is 0.163. The SMILES string of the molecule is CC1(C)CCCC1C(=O)c1cccc2ccsc12. The number of carbonyl (C=O) groups is 1. The van der Waals surface area contributed by atoms with Crippen molar-refractivity contribution in [2.24, 2.45) is 11.3 Å². The molecule has 0 bridgehead atoms. The molecule has 0 radical (unpaired) electrons.